The molecule has 1 N–H and O–H groups in total. The monoisotopic (exact) mass is 403 g/mol. The van der Waals surface area contributed by atoms with Crippen molar-refractivity contribution in [1.29, 1.82) is 0 Å². The van der Waals surface area contributed by atoms with Gasteiger partial charge in [0.1, 0.15) is 6.10 Å². The number of nitrogens with one attached hydrogen (secondary N) is 1. The molecule has 1 amide bonds. The number of amides is 1. The van der Waals surface area contributed by atoms with Gasteiger partial charge in [0.05, 0.1) is 27.4 Å². The lowest BCUT2D eigenvalue weighted by molar-refractivity contribution is -0.145. The van der Waals surface area contributed by atoms with Crippen LogP contribution in [0.5, 0.6) is 0 Å². The van der Waals surface area contributed by atoms with Crippen LogP contribution in [0.4, 0.5) is 5.69 Å². The molecule has 2 saturated carbocycles. The third-order valence-corrected chi connectivity index (χ3v) is 6.78. The number of fused-ring (bicyclic) bond motifs is 1. The Kier molecular flexibility index (Phi) is 3.44. The number of rotatable bonds is 2. The summed E-state index contributed by atoms with van der Waals surface area (Å²) in [5.74, 6) is -0.894. The summed E-state index contributed by atoms with van der Waals surface area (Å²) in [6.07, 6.45) is 0.763. The smallest absolute Gasteiger partial charge is 0.310 e. The van der Waals surface area contributed by atoms with Crippen molar-refractivity contribution in [2.24, 2.45) is 23.7 Å². The van der Waals surface area contributed by atoms with E-state index in [1.807, 2.05) is 0 Å². The van der Waals surface area contributed by atoms with E-state index in [2.05, 4.69) is 21.2 Å². The number of anilines is 1. The predicted molar refractivity (Wildman–Crippen MR) is 86.3 cm³/mol. The summed E-state index contributed by atoms with van der Waals surface area (Å²) in [6.45, 7) is 0. The summed E-state index contributed by atoms with van der Waals surface area (Å²) >= 11 is 15.6. The predicted octanol–water partition coefficient (Wildman–Crippen LogP) is 3.50. The van der Waals surface area contributed by atoms with Gasteiger partial charge >= 0.3 is 5.97 Å². The maximum atomic E-state index is 12.7. The molecule has 3 fully saturated rings. The average molecular weight is 405 g/mol. The topological polar surface area (TPSA) is 55.4 Å². The summed E-state index contributed by atoms with van der Waals surface area (Å²) in [7, 11) is 0. The largest absolute Gasteiger partial charge is 0.461 e. The summed E-state index contributed by atoms with van der Waals surface area (Å²) in [5.41, 5.74) is 0.468. The molecule has 1 aromatic carbocycles. The fraction of sp³-hybridized carbons (Fsp3) is 0.467. The van der Waals surface area contributed by atoms with E-state index in [1.54, 1.807) is 18.2 Å². The Bertz CT molecular complexity index is 683. The van der Waals surface area contributed by atoms with Crippen LogP contribution in [0.2, 0.25) is 10.0 Å². The molecule has 4 nitrogen and oxygen atoms in total. The van der Waals surface area contributed by atoms with Gasteiger partial charge in [0, 0.05) is 10.9 Å². The van der Waals surface area contributed by atoms with Crippen LogP contribution in [0.3, 0.4) is 0 Å². The lowest BCUT2D eigenvalue weighted by Crippen LogP contribution is -2.40. The van der Waals surface area contributed by atoms with Crippen LogP contribution in [0.25, 0.3) is 0 Å². The van der Waals surface area contributed by atoms with Gasteiger partial charge in [-0.15, -0.1) is 0 Å². The molecular weight excluding hydrogens is 393 g/mol. The van der Waals surface area contributed by atoms with Gasteiger partial charge in [-0.3, -0.25) is 9.59 Å². The van der Waals surface area contributed by atoms with Crippen LogP contribution in [0.15, 0.2) is 18.2 Å². The van der Waals surface area contributed by atoms with E-state index < -0.39 is 0 Å². The molecule has 1 saturated heterocycles. The third-order valence-electron chi connectivity index (χ3n) is 5.01. The number of esters is 1. The number of benzene rings is 1. The van der Waals surface area contributed by atoms with Crippen LogP contribution >= 0.6 is 39.1 Å². The van der Waals surface area contributed by atoms with E-state index in [4.69, 9.17) is 27.9 Å². The zero-order valence-corrected chi connectivity index (χ0v) is 14.4. The average Bonchev–Trinajstić information content (AvgIpc) is 3.07. The molecule has 6 atom stereocenters. The van der Waals surface area contributed by atoms with Crippen molar-refractivity contribution in [1.82, 2.24) is 0 Å². The highest BCUT2D eigenvalue weighted by Crippen LogP contribution is 2.60. The lowest BCUT2D eigenvalue weighted by Gasteiger charge is -2.27. The second-order valence-electron chi connectivity index (χ2n) is 6.07. The van der Waals surface area contributed by atoms with Gasteiger partial charge in [0.25, 0.3) is 0 Å². The molecule has 1 aliphatic heterocycles. The molecule has 7 heteroatoms. The first-order valence-corrected chi connectivity index (χ1v) is 8.75. The van der Waals surface area contributed by atoms with Crippen LogP contribution in [0.1, 0.15) is 6.42 Å². The Labute approximate surface area is 145 Å². The Morgan fingerprint density at radius 2 is 2.09 bits per heavy atom. The number of hydrogen-bond acceptors (Lipinski definition) is 3. The number of alkyl halides is 1. The van der Waals surface area contributed by atoms with E-state index in [0.717, 1.165) is 6.42 Å². The minimum Gasteiger partial charge on any atom is -0.461 e. The normalized spacial score (nSPS) is 38.2. The quantitative estimate of drug-likeness (QED) is 0.606. The van der Waals surface area contributed by atoms with Gasteiger partial charge in [-0.2, -0.15) is 0 Å². The number of halogens is 3. The molecule has 0 spiro atoms. The summed E-state index contributed by atoms with van der Waals surface area (Å²) < 4.78 is 5.41. The standard InChI is InChI=1S/C15H12BrCl2NO3/c16-12-6-4-7-11(15(21)22-13(7)12)10(6)14(20)19-9-3-5(17)1-2-8(9)18/h1-3,6-7,10-13H,4H2,(H,19,20)/t6-,7-,10-,11+,12-,13+/m1/s1. The van der Waals surface area contributed by atoms with Gasteiger partial charge in [0.2, 0.25) is 5.91 Å². The molecule has 3 aliphatic rings. The maximum absolute atomic E-state index is 12.7. The number of ether oxygens (including phenoxy) is 1. The van der Waals surface area contributed by atoms with E-state index in [0.29, 0.717) is 15.7 Å². The highest BCUT2D eigenvalue weighted by atomic mass is 79.9. The molecule has 0 unspecified atom stereocenters. The number of carbonyl (C=O) groups excluding carboxylic acids is 2. The van der Waals surface area contributed by atoms with Crippen molar-refractivity contribution in [2.45, 2.75) is 17.4 Å². The van der Waals surface area contributed by atoms with Crippen molar-refractivity contribution in [3.8, 4) is 0 Å². The second-order valence-corrected chi connectivity index (χ2v) is 7.98. The molecule has 2 bridgehead atoms. The van der Waals surface area contributed by atoms with Crippen molar-refractivity contribution in [3.63, 3.8) is 0 Å². The molecule has 1 aromatic rings. The Morgan fingerprint density at radius 1 is 1.32 bits per heavy atom. The first-order chi connectivity index (χ1) is 10.5. The number of hydrogen-bond donors (Lipinski definition) is 1. The van der Waals surface area contributed by atoms with Crippen molar-refractivity contribution >= 4 is 56.7 Å². The molecule has 0 aromatic heterocycles. The minimum absolute atomic E-state index is 0.0470. The highest BCUT2D eigenvalue weighted by Gasteiger charge is 2.67. The summed E-state index contributed by atoms with van der Waals surface area (Å²) in [5, 5.41) is 3.73. The van der Waals surface area contributed by atoms with Crippen LogP contribution < -0.4 is 5.32 Å². The lowest BCUT2D eigenvalue weighted by atomic mass is 9.79. The van der Waals surface area contributed by atoms with Crippen LogP contribution in [-0.2, 0) is 14.3 Å². The minimum atomic E-state index is -0.379. The Hall–Kier alpha value is -0.780. The van der Waals surface area contributed by atoms with Gasteiger partial charge in [-0.05, 0) is 30.5 Å². The van der Waals surface area contributed by atoms with E-state index >= 15 is 0 Å². The molecule has 22 heavy (non-hydrogen) atoms. The Balaban J connectivity index is 1.61. The molecular formula is C15H12BrCl2NO3. The van der Waals surface area contributed by atoms with Gasteiger partial charge in [-0.25, -0.2) is 0 Å². The van der Waals surface area contributed by atoms with Crippen molar-refractivity contribution in [2.75, 3.05) is 5.32 Å². The van der Waals surface area contributed by atoms with Crippen molar-refractivity contribution < 1.29 is 14.3 Å². The van der Waals surface area contributed by atoms with Crippen molar-refractivity contribution in [3.05, 3.63) is 28.2 Å². The first kappa shape index (κ1) is 14.8. The highest BCUT2D eigenvalue weighted by molar-refractivity contribution is 9.09. The van der Waals surface area contributed by atoms with E-state index in [1.165, 1.54) is 0 Å². The van der Waals surface area contributed by atoms with Gasteiger partial charge in [-0.1, -0.05) is 39.1 Å². The molecule has 2 aliphatic carbocycles. The SMILES string of the molecule is O=C(Nc1cc(Cl)ccc1Cl)[C@@H]1[C@H]2C[C@H]3[C@H](OC(=O)[C@@H]31)[C@@H]2Br. The second kappa shape index (κ2) is 5.11. The third kappa shape index (κ3) is 2.02. The van der Waals surface area contributed by atoms with E-state index in [-0.39, 0.29) is 46.5 Å². The zero-order valence-electron chi connectivity index (χ0n) is 11.3. The summed E-state index contributed by atoms with van der Waals surface area (Å²) in [6, 6.07) is 4.90. The number of carbonyl (C=O) groups is 2. The molecule has 0 radical (unpaired) electrons. The molecule has 4 rings (SSSR count). The zero-order chi connectivity index (χ0) is 15.6. The van der Waals surface area contributed by atoms with Gasteiger partial charge in [0.15, 0.2) is 0 Å². The van der Waals surface area contributed by atoms with Crippen LogP contribution in [0, 0.1) is 23.7 Å². The molecule has 1 heterocycles. The fourth-order valence-electron chi connectivity index (χ4n) is 4.14. The first-order valence-electron chi connectivity index (χ1n) is 7.08. The van der Waals surface area contributed by atoms with E-state index in [9.17, 15) is 9.59 Å². The molecule has 116 valence electrons. The van der Waals surface area contributed by atoms with Crippen LogP contribution in [-0.4, -0.2) is 22.8 Å². The summed E-state index contributed by atoms with van der Waals surface area (Å²) in [4.78, 5) is 24.8. The van der Waals surface area contributed by atoms with Gasteiger partial charge < -0.3 is 10.1 Å². The maximum Gasteiger partial charge on any atom is 0.310 e. The fourth-order valence-corrected chi connectivity index (χ4v) is 5.52. The Morgan fingerprint density at radius 3 is 2.86 bits per heavy atom.